The largest absolute Gasteiger partial charge is 0.360 e. The number of amides is 2. The van der Waals surface area contributed by atoms with Crippen LogP contribution in [0.4, 0.5) is 0 Å². The fourth-order valence-corrected chi connectivity index (χ4v) is 3.17. The van der Waals surface area contributed by atoms with Crippen LogP contribution < -0.4 is 16.1 Å². The highest BCUT2D eigenvalue weighted by molar-refractivity contribution is 5.97. The van der Waals surface area contributed by atoms with Gasteiger partial charge >= 0.3 is 0 Å². The molecule has 0 saturated heterocycles. The summed E-state index contributed by atoms with van der Waals surface area (Å²) in [4.78, 5) is 40.6. The average molecular weight is 395 g/mol. The lowest BCUT2D eigenvalue weighted by Crippen LogP contribution is -2.43. The number of nitrogens with zero attached hydrogens (tertiary/aromatic N) is 2. The minimum atomic E-state index is -0.482. The third-order valence-electron chi connectivity index (χ3n) is 4.84. The van der Waals surface area contributed by atoms with Gasteiger partial charge < -0.3 is 15.6 Å². The van der Waals surface area contributed by atoms with E-state index in [-0.39, 0.29) is 29.5 Å². The van der Waals surface area contributed by atoms with Crippen LogP contribution in [0.25, 0.3) is 10.9 Å². The highest BCUT2D eigenvalue weighted by Gasteiger charge is 2.17. The van der Waals surface area contributed by atoms with E-state index in [9.17, 15) is 14.4 Å². The van der Waals surface area contributed by atoms with Crippen molar-refractivity contribution in [2.75, 3.05) is 6.54 Å². The number of hydrogen-bond acceptors (Lipinski definition) is 4. The van der Waals surface area contributed by atoms with E-state index in [4.69, 9.17) is 0 Å². The molecule has 152 valence electrons. The maximum absolute atomic E-state index is 12.6. The van der Waals surface area contributed by atoms with Crippen molar-refractivity contribution in [2.45, 2.75) is 33.2 Å². The van der Waals surface area contributed by atoms with Crippen LogP contribution in [0.3, 0.4) is 0 Å². The standard InChI is InChI=1S/C21H25N5O3/c1-5-14-9-17(26(4)25-14)21(29)24-13(3)10-23-20(28)16-11-22-18-12(2)7-6-8-15(18)19(16)27/h6-9,11,13H,5,10H2,1-4H3,(H,22,27)(H,23,28)(H,24,29). The first kappa shape index (κ1) is 20.3. The first-order valence-electron chi connectivity index (χ1n) is 9.54. The van der Waals surface area contributed by atoms with E-state index in [0.29, 0.717) is 11.1 Å². The Balaban J connectivity index is 1.65. The number of pyridine rings is 1. The molecule has 0 aliphatic rings. The van der Waals surface area contributed by atoms with Crippen molar-refractivity contribution in [3.8, 4) is 0 Å². The van der Waals surface area contributed by atoms with E-state index in [1.165, 1.54) is 10.9 Å². The molecule has 0 aliphatic heterocycles. The number of aromatic nitrogens is 3. The zero-order valence-electron chi connectivity index (χ0n) is 17.0. The van der Waals surface area contributed by atoms with Gasteiger partial charge in [-0.1, -0.05) is 19.1 Å². The lowest BCUT2D eigenvalue weighted by atomic mass is 10.1. The summed E-state index contributed by atoms with van der Waals surface area (Å²) in [6, 6.07) is 6.80. The smallest absolute Gasteiger partial charge is 0.269 e. The van der Waals surface area contributed by atoms with Gasteiger partial charge in [0.1, 0.15) is 11.3 Å². The molecular formula is C21H25N5O3. The van der Waals surface area contributed by atoms with Crippen molar-refractivity contribution < 1.29 is 9.59 Å². The van der Waals surface area contributed by atoms with Crippen molar-refractivity contribution in [3.05, 3.63) is 63.2 Å². The minimum Gasteiger partial charge on any atom is -0.360 e. The molecule has 2 heterocycles. The van der Waals surface area contributed by atoms with Crippen LogP contribution in [0.5, 0.6) is 0 Å². The number of fused-ring (bicyclic) bond motifs is 1. The van der Waals surface area contributed by atoms with Gasteiger partial charge in [-0.3, -0.25) is 19.1 Å². The van der Waals surface area contributed by atoms with Crippen molar-refractivity contribution in [1.29, 1.82) is 0 Å². The summed E-state index contributed by atoms with van der Waals surface area (Å²) in [5.41, 5.74) is 2.67. The second-order valence-electron chi connectivity index (χ2n) is 7.11. The zero-order valence-corrected chi connectivity index (χ0v) is 17.0. The molecule has 0 spiro atoms. The first-order valence-corrected chi connectivity index (χ1v) is 9.54. The summed E-state index contributed by atoms with van der Waals surface area (Å²) >= 11 is 0. The summed E-state index contributed by atoms with van der Waals surface area (Å²) in [5.74, 6) is -0.745. The number of carbonyl (C=O) groups is 2. The topological polar surface area (TPSA) is 109 Å². The van der Waals surface area contributed by atoms with Gasteiger partial charge in [-0.05, 0) is 38.0 Å². The second-order valence-corrected chi connectivity index (χ2v) is 7.11. The average Bonchev–Trinajstić information content (AvgIpc) is 3.08. The van der Waals surface area contributed by atoms with Crippen molar-refractivity contribution >= 4 is 22.7 Å². The molecule has 0 aliphatic carbocycles. The lowest BCUT2D eigenvalue weighted by molar-refractivity contribution is 0.0906. The van der Waals surface area contributed by atoms with E-state index >= 15 is 0 Å². The van der Waals surface area contributed by atoms with Crippen LogP contribution in [0, 0.1) is 6.92 Å². The maximum atomic E-state index is 12.6. The summed E-state index contributed by atoms with van der Waals surface area (Å²) in [7, 11) is 1.72. The van der Waals surface area contributed by atoms with Crippen LogP contribution in [0.1, 0.15) is 46.0 Å². The zero-order chi connectivity index (χ0) is 21.1. The third kappa shape index (κ3) is 4.21. The van der Waals surface area contributed by atoms with E-state index < -0.39 is 5.91 Å². The lowest BCUT2D eigenvalue weighted by Gasteiger charge is -2.15. The molecule has 0 radical (unpaired) electrons. The van der Waals surface area contributed by atoms with Crippen molar-refractivity contribution in [1.82, 2.24) is 25.4 Å². The predicted molar refractivity (Wildman–Crippen MR) is 111 cm³/mol. The Labute approximate surface area is 168 Å². The third-order valence-corrected chi connectivity index (χ3v) is 4.84. The molecule has 1 atom stereocenters. The van der Waals surface area contributed by atoms with Crippen LogP contribution >= 0.6 is 0 Å². The number of aromatic amines is 1. The van der Waals surface area contributed by atoms with Crippen LogP contribution in [-0.4, -0.2) is 39.2 Å². The molecule has 0 fully saturated rings. The molecule has 0 bridgehead atoms. The number of hydrogen-bond donors (Lipinski definition) is 3. The van der Waals surface area contributed by atoms with Gasteiger partial charge in [-0.25, -0.2) is 0 Å². The monoisotopic (exact) mass is 395 g/mol. The predicted octanol–water partition coefficient (Wildman–Crippen LogP) is 1.68. The van der Waals surface area contributed by atoms with Crippen molar-refractivity contribution in [3.63, 3.8) is 0 Å². The Hall–Kier alpha value is -3.42. The Bertz CT molecular complexity index is 1130. The van der Waals surface area contributed by atoms with Gasteiger partial charge in [-0.15, -0.1) is 0 Å². The molecule has 3 aromatic rings. The summed E-state index contributed by atoms with van der Waals surface area (Å²) in [6.07, 6.45) is 2.17. The maximum Gasteiger partial charge on any atom is 0.269 e. The Morgan fingerprint density at radius 3 is 2.72 bits per heavy atom. The highest BCUT2D eigenvalue weighted by atomic mass is 16.2. The molecule has 0 saturated carbocycles. The fourth-order valence-electron chi connectivity index (χ4n) is 3.17. The normalized spacial score (nSPS) is 12.0. The SMILES string of the molecule is CCc1cc(C(=O)NC(C)CNC(=O)c2c[nH]c3c(C)cccc3c2=O)n(C)n1. The van der Waals surface area contributed by atoms with Crippen LogP contribution in [-0.2, 0) is 13.5 Å². The van der Waals surface area contributed by atoms with E-state index in [1.807, 2.05) is 19.9 Å². The second kappa shape index (κ2) is 8.30. The minimum absolute atomic E-state index is 0.0425. The van der Waals surface area contributed by atoms with Crippen LogP contribution in [0.15, 0.2) is 35.3 Å². The summed E-state index contributed by atoms with van der Waals surface area (Å²) in [6.45, 7) is 5.84. The quantitative estimate of drug-likeness (QED) is 0.590. The molecule has 2 amide bonds. The number of rotatable bonds is 6. The summed E-state index contributed by atoms with van der Waals surface area (Å²) in [5, 5.41) is 10.3. The molecule has 1 aromatic carbocycles. The number of nitrogens with one attached hydrogen (secondary N) is 3. The van der Waals surface area contributed by atoms with Gasteiger partial charge in [0.25, 0.3) is 11.8 Å². The van der Waals surface area contributed by atoms with Gasteiger partial charge in [0.2, 0.25) is 5.43 Å². The van der Waals surface area contributed by atoms with E-state index in [2.05, 4.69) is 20.7 Å². The molecule has 29 heavy (non-hydrogen) atoms. The highest BCUT2D eigenvalue weighted by Crippen LogP contribution is 2.12. The Kier molecular flexibility index (Phi) is 5.81. The molecular weight excluding hydrogens is 370 g/mol. The van der Waals surface area contributed by atoms with Gasteiger partial charge in [0.05, 0.1) is 11.2 Å². The molecule has 2 aromatic heterocycles. The van der Waals surface area contributed by atoms with Crippen LogP contribution in [0.2, 0.25) is 0 Å². The van der Waals surface area contributed by atoms with E-state index in [0.717, 1.165) is 23.2 Å². The molecule has 3 rings (SSSR count). The molecule has 1 unspecified atom stereocenters. The fraction of sp³-hybridized carbons (Fsp3) is 0.333. The van der Waals surface area contributed by atoms with E-state index in [1.54, 1.807) is 32.2 Å². The van der Waals surface area contributed by atoms with Gasteiger partial charge in [0.15, 0.2) is 0 Å². The first-order chi connectivity index (χ1) is 13.8. The van der Waals surface area contributed by atoms with Gasteiger partial charge in [-0.2, -0.15) is 5.10 Å². The molecule has 8 nitrogen and oxygen atoms in total. The van der Waals surface area contributed by atoms with Crippen molar-refractivity contribution in [2.24, 2.45) is 7.05 Å². The number of aryl methyl sites for hydroxylation is 3. The number of H-pyrrole nitrogens is 1. The van der Waals surface area contributed by atoms with Gasteiger partial charge in [0, 0.05) is 31.2 Å². The Morgan fingerprint density at radius 2 is 2.03 bits per heavy atom. The molecule has 3 N–H and O–H groups in total. The number of carbonyl (C=O) groups excluding carboxylic acids is 2. The number of benzene rings is 1. The summed E-state index contributed by atoms with van der Waals surface area (Å²) < 4.78 is 1.54. The number of para-hydroxylation sites is 1. The molecule has 8 heteroatoms. The Morgan fingerprint density at radius 1 is 1.28 bits per heavy atom.